The maximum Gasteiger partial charge on any atom is 0.325 e. The number of likely N-dealkylation sites (tertiary alicyclic amines) is 1. The average molecular weight is 486 g/mol. The van der Waals surface area contributed by atoms with Crippen LogP contribution in [-0.2, 0) is 20.8 Å². The Labute approximate surface area is 199 Å². The van der Waals surface area contributed by atoms with Gasteiger partial charge in [0, 0.05) is 34.9 Å². The number of thiophene rings is 1. The lowest BCUT2D eigenvalue weighted by Crippen LogP contribution is -2.57. The number of para-hydroxylation sites is 1. The summed E-state index contributed by atoms with van der Waals surface area (Å²) in [6.45, 7) is 2.30. The van der Waals surface area contributed by atoms with Gasteiger partial charge in [-0.05, 0) is 30.2 Å². The Hall–Kier alpha value is -2.68. The second-order valence-electron chi connectivity index (χ2n) is 8.76. The molecule has 0 aliphatic carbocycles. The largest absolute Gasteiger partial charge is 0.480 e. The van der Waals surface area contributed by atoms with E-state index >= 15 is 0 Å². The molecule has 9 heteroatoms. The Morgan fingerprint density at radius 1 is 1.21 bits per heavy atom. The topological polar surface area (TPSA) is 102 Å². The van der Waals surface area contributed by atoms with E-state index in [0.717, 1.165) is 27.8 Å². The highest BCUT2D eigenvalue weighted by molar-refractivity contribution is 7.16. The molecular formula is C24H24ClN3O4S. The molecule has 2 aliphatic heterocycles. The number of hydrogen-bond donors (Lipinski definition) is 3. The predicted octanol–water partition coefficient (Wildman–Crippen LogP) is 3.99. The van der Waals surface area contributed by atoms with E-state index in [0.29, 0.717) is 17.3 Å². The number of carboxylic acid groups (broad SMARTS) is 1. The van der Waals surface area contributed by atoms with Crippen LogP contribution in [0.1, 0.15) is 36.2 Å². The number of hydrogen-bond acceptors (Lipinski definition) is 5. The molecule has 3 aromatic rings. The molecular weight excluding hydrogens is 462 g/mol. The molecule has 2 amide bonds. The fraction of sp³-hybridized carbons (Fsp3) is 0.375. The number of halogens is 1. The number of fused-ring (bicyclic) bond motifs is 2. The Kier molecular flexibility index (Phi) is 5.55. The van der Waals surface area contributed by atoms with Gasteiger partial charge < -0.3 is 10.1 Å². The highest BCUT2D eigenvalue weighted by Gasteiger charge is 2.68. The quantitative estimate of drug-likeness (QED) is 0.439. The number of aliphatic carboxylic acids is 1. The number of amides is 2. The summed E-state index contributed by atoms with van der Waals surface area (Å²) in [5.74, 6) is -3.63. The van der Waals surface area contributed by atoms with Gasteiger partial charge in [0.15, 0.2) is 0 Å². The summed E-state index contributed by atoms with van der Waals surface area (Å²) in [6.07, 6.45) is 3.37. The summed E-state index contributed by atoms with van der Waals surface area (Å²) >= 11 is 7.47. The first-order valence-corrected chi connectivity index (χ1v) is 12.2. The minimum Gasteiger partial charge on any atom is -0.480 e. The Morgan fingerprint density at radius 2 is 2.00 bits per heavy atom. The van der Waals surface area contributed by atoms with Gasteiger partial charge in [-0.2, -0.15) is 0 Å². The molecule has 0 spiro atoms. The lowest BCUT2D eigenvalue weighted by atomic mass is 9.76. The summed E-state index contributed by atoms with van der Waals surface area (Å²) in [5, 5.41) is 14.7. The molecule has 2 fully saturated rings. The van der Waals surface area contributed by atoms with E-state index in [1.165, 1.54) is 16.2 Å². The molecule has 0 saturated carbocycles. The molecule has 4 unspecified atom stereocenters. The zero-order valence-electron chi connectivity index (χ0n) is 18.0. The number of H-pyrrole nitrogens is 1. The van der Waals surface area contributed by atoms with Crippen LogP contribution < -0.4 is 5.32 Å². The third kappa shape index (κ3) is 3.39. The van der Waals surface area contributed by atoms with Crippen LogP contribution in [0.2, 0.25) is 4.34 Å². The highest BCUT2D eigenvalue weighted by atomic mass is 35.5. The lowest BCUT2D eigenvalue weighted by Gasteiger charge is -2.31. The molecule has 2 saturated heterocycles. The van der Waals surface area contributed by atoms with Crippen molar-refractivity contribution < 1.29 is 19.5 Å². The number of aromatic nitrogens is 1. The first-order valence-electron chi connectivity index (χ1n) is 11.0. The van der Waals surface area contributed by atoms with Crippen LogP contribution in [0, 0.1) is 11.8 Å². The van der Waals surface area contributed by atoms with Crippen LogP contribution >= 0.6 is 22.9 Å². The number of carbonyl (C=O) groups is 3. The zero-order chi connectivity index (χ0) is 23.3. The van der Waals surface area contributed by atoms with Gasteiger partial charge in [0.1, 0.15) is 5.54 Å². The van der Waals surface area contributed by atoms with Crippen molar-refractivity contribution in [2.45, 2.75) is 37.8 Å². The van der Waals surface area contributed by atoms with Crippen molar-refractivity contribution in [3.63, 3.8) is 0 Å². The number of aromatic amines is 1. The molecule has 2 aromatic heterocycles. The first kappa shape index (κ1) is 22.1. The molecule has 7 nitrogen and oxygen atoms in total. The van der Waals surface area contributed by atoms with Crippen LogP contribution in [0.4, 0.5) is 0 Å². The molecule has 4 heterocycles. The molecule has 1 aromatic carbocycles. The monoisotopic (exact) mass is 485 g/mol. The van der Waals surface area contributed by atoms with Crippen molar-refractivity contribution in [2.24, 2.45) is 11.8 Å². The summed E-state index contributed by atoms with van der Waals surface area (Å²) in [5.41, 5.74) is 0.0590. The van der Waals surface area contributed by atoms with Crippen molar-refractivity contribution in [1.82, 2.24) is 15.2 Å². The average Bonchev–Trinajstić information content (AvgIpc) is 3.54. The summed E-state index contributed by atoms with van der Waals surface area (Å²) in [4.78, 5) is 45.1. The molecule has 172 valence electrons. The molecule has 5 rings (SSSR count). The fourth-order valence-corrected chi connectivity index (χ4v) is 6.51. The summed E-state index contributed by atoms with van der Waals surface area (Å²) in [7, 11) is 0. The van der Waals surface area contributed by atoms with E-state index in [9.17, 15) is 19.5 Å². The molecule has 0 radical (unpaired) electrons. The van der Waals surface area contributed by atoms with Gasteiger partial charge in [-0.25, -0.2) is 0 Å². The van der Waals surface area contributed by atoms with Gasteiger partial charge in [-0.3, -0.25) is 24.6 Å². The second-order valence-corrected chi connectivity index (χ2v) is 10.5. The van der Waals surface area contributed by atoms with Gasteiger partial charge >= 0.3 is 5.97 Å². The number of carbonyl (C=O) groups excluding carboxylic acids is 2. The van der Waals surface area contributed by atoms with Crippen LogP contribution in [0.5, 0.6) is 0 Å². The molecule has 2 aliphatic rings. The van der Waals surface area contributed by atoms with Gasteiger partial charge in [0.2, 0.25) is 11.8 Å². The van der Waals surface area contributed by atoms with E-state index in [4.69, 9.17) is 11.6 Å². The zero-order valence-corrected chi connectivity index (χ0v) is 19.6. The number of rotatable bonds is 7. The maximum atomic E-state index is 13.6. The normalized spacial score (nSPS) is 27.0. The van der Waals surface area contributed by atoms with Gasteiger partial charge in [0.05, 0.1) is 22.2 Å². The highest BCUT2D eigenvalue weighted by Crippen LogP contribution is 2.51. The van der Waals surface area contributed by atoms with Crippen molar-refractivity contribution in [2.75, 3.05) is 6.54 Å². The molecule has 0 bridgehead atoms. The maximum absolute atomic E-state index is 13.6. The lowest BCUT2D eigenvalue weighted by molar-refractivity contribution is -0.151. The number of benzene rings is 1. The van der Waals surface area contributed by atoms with Crippen LogP contribution in [0.3, 0.4) is 0 Å². The van der Waals surface area contributed by atoms with Crippen LogP contribution in [0.15, 0.2) is 42.6 Å². The number of nitrogens with zero attached hydrogens (tertiary/aromatic N) is 1. The standard InChI is InChI=1S/C24H24ClN3O4S/c1-2-3-10-28-21(29)18-19(22(28)30)24(23(31)32,27-20(18)16-8-9-17(25)33-16)11-13-12-26-15-7-5-4-6-14(13)15/h4-9,12,18-20,26-27H,2-3,10-11H2,1H3,(H,31,32). The number of unbranched alkanes of at least 4 members (excludes halogenated alkanes) is 1. The van der Waals surface area contributed by atoms with Crippen molar-refractivity contribution in [3.8, 4) is 0 Å². The van der Waals surface area contributed by atoms with Crippen LogP contribution in [-0.4, -0.2) is 44.9 Å². The SMILES string of the molecule is CCCCN1C(=O)C2C(c3ccc(Cl)s3)NC(Cc3c[nH]c4ccccc34)(C(=O)O)C2C1=O. The molecule has 4 atom stereocenters. The first-order chi connectivity index (χ1) is 15.9. The minimum atomic E-state index is -1.62. The Morgan fingerprint density at radius 3 is 2.70 bits per heavy atom. The third-order valence-corrected chi connectivity index (χ3v) is 8.22. The second kappa shape index (κ2) is 8.27. The number of nitrogens with one attached hydrogen (secondary N) is 2. The van der Waals surface area contributed by atoms with E-state index in [1.54, 1.807) is 18.3 Å². The van der Waals surface area contributed by atoms with E-state index in [2.05, 4.69) is 10.3 Å². The van der Waals surface area contributed by atoms with Crippen molar-refractivity contribution in [1.29, 1.82) is 0 Å². The number of carboxylic acids is 1. The van der Waals surface area contributed by atoms with E-state index < -0.39 is 35.3 Å². The number of imide groups is 1. The van der Waals surface area contributed by atoms with Crippen molar-refractivity contribution in [3.05, 3.63) is 57.4 Å². The van der Waals surface area contributed by atoms with E-state index in [1.807, 2.05) is 31.2 Å². The Balaban J connectivity index is 1.62. The molecule has 3 N–H and O–H groups in total. The van der Waals surface area contributed by atoms with Gasteiger partial charge in [-0.1, -0.05) is 43.1 Å². The minimum absolute atomic E-state index is 0.0732. The van der Waals surface area contributed by atoms with Crippen molar-refractivity contribution >= 4 is 51.6 Å². The fourth-order valence-electron chi connectivity index (χ4n) is 5.35. The summed E-state index contributed by atoms with van der Waals surface area (Å²) in [6, 6.07) is 10.6. The molecule has 33 heavy (non-hydrogen) atoms. The summed E-state index contributed by atoms with van der Waals surface area (Å²) < 4.78 is 0.549. The van der Waals surface area contributed by atoms with Gasteiger partial charge in [0.25, 0.3) is 0 Å². The van der Waals surface area contributed by atoms with Gasteiger partial charge in [-0.15, -0.1) is 11.3 Å². The van der Waals surface area contributed by atoms with E-state index in [-0.39, 0.29) is 12.3 Å². The predicted molar refractivity (Wildman–Crippen MR) is 126 cm³/mol. The Bertz CT molecular complexity index is 1250. The third-order valence-electron chi connectivity index (χ3n) is 6.91. The van der Waals surface area contributed by atoms with Crippen LogP contribution in [0.25, 0.3) is 10.9 Å². The smallest absolute Gasteiger partial charge is 0.325 e.